The molecule has 29 heavy (non-hydrogen) atoms. The predicted molar refractivity (Wildman–Crippen MR) is 105 cm³/mol. The van der Waals surface area contributed by atoms with Gasteiger partial charge in [-0.1, -0.05) is 12.8 Å². The van der Waals surface area contributed by atoms with Crippen LogP contribution in [0.3, 0.4) is 0 Å². The minimum atomic E-state index is -0.955. The van der Waals surface area contributed by atoms with Gasteiger partial charge in [-0.3, -0.25) is 9.59 Å². The van der Waals surface area contributed by atoms with E-state index < -0.39 is 35.7 Å². The van der Waals surface area contributed by atoms with E-state index in [2.05, 4.69) is 16.0 Å². The van der Waals surface area contributed by atoms with Crippen LogP contribution in [0.2, 0.25) is 0 Å². The Morgan fingerprint density at radius 3 is 2.34 bits per heavy atom. The highest BCUT2D eigenvalue weighted by Crippen LogP contribution is 2.33. The summed E-state index contributed by atoms with van der Waals surface area (Å²) in [5, 5.41) is 8.06. The zero-order valence-corrected chi connectivity index (χ0v) is 17.7. The van der Waals surface area contributed by atoms with Crippen LogP contribution in [-0.4, -0.2) is 55.2 Å². The lowest BCUT2D eigenvalue weighted by Crippen LogP contribution is -2.53. The Hall–Kier alpha value is -2.32. The number of methoxy groups -OCH3 is 1. The van der Waals surface area contributed by atoms with Crippen LogP contribution in [0.25, 0.3) is 0 Å². The predicted octanol–water partition coefficient (Wildman–Crippen LogP) is 1.25. The Labute approximate surface area is 171 Å². The molecule has 0 unspecified atom stereocenters. The topological polar surface area (TPSA) is 123 Å². The fraction of sp³-hybridized carbons (Fsp3) is 0.800. The molecule has 1 aliphatic carbocycles. The summed E-state index contributed by atoms with van der Waals surface area (Å²) in [4.78, 5) is 49.3. The van der Waals surface area contributed by atoms with E-state index in [0.717, 1.165) is 19.3 Å². The number of esters is 1. The van der Waals surface area contributed by atoms with Gasteiger partial charge in [0.1, 0.15) is 17.7 Å². The van der Waals surface area contributed by atoms with Crippen LogP contribution in [0.15, 0.2) is 0 Å². The molecule has 0 aromatic rings. The first-order chi connectivity index (χ1) is 13.6. The number of amides is 3. The molecule has 9 heteroatoms. The number of alkyl carbamates (subject to hydrolysis) is 1. The Kier molecular flexibility index (Phi) is 7.87. The normalized spacial score (nSPS) is 21.4. The summed E-state index contributed by atoms with van der Waals surface area (Å²) < 4.78 is 10.1. The number of hydrogen-bond donors (Lipinski definition) is 3. The molecule has 1 heterocycles. The number of carbonyl (C=O) groups is 4. The van der Waals surface area contributed by atoms with Crippen molar-refractivity contribution in [3.05, 3.63) is 0 Å². The number of rotatable bonds is 8. The van der Waals surface area contributed by atoms with Crippen LogP contribution in [0.4, 0.5) is 4.79 Å². The second-order valence-electron chi connectivity index (χ2n) is 8.83. The van der Waals surface area contributed by atoms with Gasteiger partial charge < -0.3 is 25.4 Å². The number of ether oxygens (including phenoxy) is 2. The largest absolute Gasteiger partial charge is 0.467 e. The fourth-order valence-corrected chi connectivity index (χ4v) is 3.34. The monoisotopic (exact) mass is 411 g/mol. The third-order valence-corrected chi connectivity index (χ3v) is 5.00. The first-order valence-electron chi connectivity index (χ1n) is 10.2. The fourth-order valence-electron chi connectivity index (χ4n) is 3.34. The van der Waals surface area contributed by atoms with Crippen LogP contribution < -0.4 is 16.0 Å². The molecule has 3 atom stereocenters. The maximum atomic E-state index is 12.9. The average molecular weight is 411 g/mol. The SMILES string of the molecule is COC(=O)[C@H](C[C@@H]1CCCNC1=O)NC(=O)[C@H](CC1CC1)NC(=O)OC(C)(C)C. The molecule has 3 N–H and O–H groups in total. The van der Waals surface area contributed by atoms with Crippen molar-refractivity contribution in [2.24, 2.45) is 11.8 Å². The van der Waals surface area contributed by atoms with Gasteiger partial charge in [0.05, 0.1) is 7.11 Å². The van der Waals surface area contributed by atoms with Gasteiger partial charge >= 0.3 is 12.1 Å². The van der Waals surface area contributed by atoms with Gasteiger partial charge in [0.25, 0.3) is 0 Å². The molecule has 3 amide bonds. The number of piperidine rings is 1. The van der Waals surface area contributed by atoms with E-state index in [9.17, 15) is 19.2 Å². The van der Waals surface area contributed by atoms with Crippen LogP contribution >= 0.6 is 0 Å². The molecule has 2 fully saturated rings. The summed E-state index contributed by atoms with van der Waals surface area (Å²) in [5.41, 5.74) is -0.687. The third kappa shape index (κ3) is 7.91. The van der Waals surface area contributed by atoms with Gasteiger partial charge in [0.15, 0.2) is 0 Å². The van der Waals surface area contributed by atoms with Crippen molar-refractivity contribution in [1.82, 2.24) is 16.0 Å². The van der Waals surface area contributed by atoms with Crippen LogP contribution in [0, 0.1) is 11.8 Å². The first kappa shape index (κ1) is 23.0. The summed E-state index contributed by atoms with van der Waals surface area (Å²) in [6, 6.07) is -1.77. The molecule has 0 spiro atoms. The third-order valence-electron chi connectivity index (χ3n) is 5.00. The van der Waals surface area contributed by atoms with Crippen molar-refractivity contribution >= 4 is 23.9 Å². The van der Waals surface area contributed by atoms with E-state index in [4.69, 9.17) is 9.47 Å². The number of hydrogen-bond acceptors (Lipinski definition) is 6. The van der Waals surface area contributed by atoms with Crippen molar-refractivity contribution < 1.29 is 28.7 Å². The maximum Gasteiger partial charge on any atom is 0.408 e. The number of carbonyl (C=O) groups excluding carboxylic acids is 4. The highest BCUT2D eigenvalue weighted by molar-refractivity contribution is 5.90. The smallest absolute Gasteiger partial charge is 0.408 e. The quantitative estimate of drug-likeness (QED) is 0.517. The lowest BCUT2D eigenvalue weighted by Gasteiger charge is -2.27. The van der Waals surface area contributed by atoms with Crippen LogP contribution in [0.1, 0.15) is 59.3 Å². The van der Waals surface area contributed by atoms with Gasteiger partial charge in [-0.2, -0.15) is 0 Å². The minimum absolute atomic E-state index is 0.124. The van der Waals surface area contributed by atoms with Crippen molar-refractivity contribution in [3.63, 3.8) is 0 Å². The van der Waals surface area contributed by atoms with Crippen LogP contribution in [-0.2, 0) is 23.9 Å². The Bertz CT molecular complexity index is 626. The molecule has 1 saturated carbocycles. The summed E-state index contributed by atoms with van der Waals surface area (Å²) in [6.45, 7) is 5.84. The molecule has 2 rings (SSSR count). The van der Waals surface area contributed by atoms with E-state index >= 15 is 0 Å². The standard InChI is InChI=1S/C20H33N3O6/c1-20(2,3)29-19(27)23-14(10-12-7-8-12)17(25)22-15(18(26)28-4)11-13-6-5-9-21-16(13)24/h12-15H,5-11H2,1-4H3,(H,21,24)(H,22,25)(H,23,27)/t13-,14-,15-/m0/s1. The lowest BCUT2D eigenvalue weighted by atomic mass is 9.91. The second-order valence-corrected chi connectivity index (χ2v) is 8.83. The minimum Gasteiger partial charge on any atom is -0.467 e. The van der Waals surface area contributed by atoms with Gasteiger partial charge in [0, 0.05) is 12.5 Å². The number of nitrogens with one attached hydrogen (secondary N) is 3. The molecule has 0 bridgehead atoms. The molecule has 2 aliphatic rings. The van der Waals surface area contributed by atoms with Gasteiger partial charge in [-0.25, -0.2) is 9.59 Å². The van der Waals surface area contributed by atoms with Crippen molar-refractivity contribution in [2.75, 3.05) is 13.7 Å². The van der Waals surface area contributed by atoms with E-state index in [1.807, 2.05) is 0 Å². The first-order valence-corrected chi connectivity index (χ1v) is 10.2. The molecule has 0 radical (unpaired) electrons. The van der Waals surface area contributed by atoms with E-state index in [1.54, 1.807) is 20.8 Å². The average Bonchev–Trinajstić information content (AvgIpc) is 3.44. The van der Waals surface area contributed by atoms with Crippen LogP contribution in [0.5, 0.6) is 0 Å². The Morgan fingerprint density at radius 1 is 1.10 bits per heavy atom. The van der Waals surface area contributed by atoms with Gasteiger partial charge in [-0.15, -0.1) is 0 Å². The van der Waals surface area contributed by atoms with Crippen molar-refractivity contribution in [1.29, 1.82) is 0 Å². The van der Waals surface area contributed by atoms with Gasteiger partial charge in [-0.05, 0) is 52.4 Å². The van der Waals surface area contributed by atoms with Crippen molar-refractivity contribution in [2.45, 2.75) is 77.0 Å². The molecular formula is C20H33N3O6. The van der Waals surface area contributed by atoms with E-state index in [0.29, 0.717) is 25.3 Å². The molecule has 9 nitrogen and oxygen atoms in total. The van der Waals surface area contributed by atoms with Gasteiger partial charge in [0.2, 0.25) is 11.8 Å². The summed E-state index contributed by atoms with van der Waals surface area (Å²) in [6.07, 6.45) is 3.43. The molecule has 1 saturated heterocycles. The zero-order valence-electron chi connectivity index (χ0n) is 17.7. The molecule has 1 aliphatic heterocycles. The molecule has 164 valence electrons. The molecule has 0 aromatic carbocycles. The molecular weight excluding hydrogens is 378 g/mol. The summed E-state index contributed by atoms with van der Waals surface area (Å²) in [7, 11) is 1.24. The van der Waals surface area contributed by atoms with E-state index in [-0.39, 0.29) is 18.2 Å². The maximum absolute atomic E-state index is 12.9. The highest BCUT2D eigenvalue weighted by Gasteiger charge is 2.35. The highest BCUT2D eigenvalue weighted by atomic mass is 16.6. The lowest BCUT2D eigenvalue weighted by molar-refractivity contribution is -0.146. The van der Waals surface area contributed by atoms with E-state index in [1.165, 1.54) is 7.11 Å². The Morgan fingerprint density at radius 2 is 1.79 bits per heavy atom. The van der Waals surface area contributed by atoms with Crippen molar-refractivity contribution in [3.8, 4) is 0 Å². The summed E-state index contributed by atoms with van der Waals surface area (Å²) in [5.74, 6) is -1.22. The Balaban J connectivity index is 2.02. The molecule has 0 aromatic heterocycles. The second kappa shape index (κ2) is 9.93. The zero-order chi connectivity index (χ0) is 21.6. The summed E-state index contributed by atoms with van der Waals surface area (Å²) >= 11 is 0.